The van der Waals surface area contributed by atoms with Crippen molar-refractivity contribution in [3.8, 4) is 5.75 Å². The van der Waals surface area contributed by atoms with Crippen molar-refractivity contribution >= 4 is 22.5 Å². The van der Waals surface area contributed by atoms with E-state index in [1.165, 1.54) is 12.1 Å². The second kappa shape index (κ2) is 6.74. The smallest absolute Gasteiger partial charge is 0.228 e. The van der Waals surface area contributed by atoms with Crippen LogP contribution in [0.3, 0.4) is 0 Å². The molecule has 2 aromatic carbocycles. The zero-order valence-corrected chi connectivity index (χ0v) is 13.7. The lowest BCUT2D eigenvalue weighted by atomic mass is 10.1. The molecule has 0 saturated carbocycles. The number of benzene rings is 2. The van der Waals surface area contributed by atoms with E-state index >= 15 is 0 Å². The van der Waals surface area contributed by atoms with Crippen molar-refractivity contribution in [2.45, 2.75) is 20.3 Å². The Morgan fingerprint density at radius 1 is 1.21 bits per heavy atom. The Hall–Kier alpha value is -2.82. The largest absolute Gasteiger partial charge is 0.494 e. The predicted molar refractivity (Wildman–Crippen MR) is 92.9 cm³/mol. The molecule has 0 unspecified atom stereocenters. The second-order valence-corrected chi connectivity index (χ2v) is 5.60. The summed E-state index contributed by atoms with van der Waals surface area (Å²) in [6.45, 7) is 4.40. The quantitative estimate of drug-likeness (QED) is 0.738. The highest BCUT2D eigenvalue weighted by Gasteiger charge is 2.13. The summed E-state index contributed by atoms with van der Waals surface area (Å²) in [6.07, 6.45) is 0.183. The molecule has 0 saturated heterocycles. The fourth-order valence-corrected chi connectivity index (χ4v) is 2.75. The molecule has 5 heteroatoms. The third-order valence-electron chi connectivity index (χ3n) is 3.87. The number of aromatic amines is 1. The van der Waals surface area contributed by atoms with Crippen molar-refractivity contribution in [2.24, 2.45) is 0 Å². The number of amides is 1. The number of anilines is 1. The van der Waals surface area contributed by atoms with Crippen LogP contribution in [-0.4, -0.2) is 17.5 Å². The van der Waals surface area contributed by atoms with Crippen LogP contribution < -0.4 is 10.1 Å². The van der Waals surface area contributed by atoms with E-state index in [4.69, 9.17) is 4.74 Å². The molecular formula is C19H19FN2O2. The van der Waals surface area contributed by atoms with Gasteiger partial charge in [-0.25, -0.2) is 4.39 Å². The van der Waals surface area contributed by atoms with Crippen LogP contribution in [0.15, 0.2) is 42.5 Å². The monoisotopic (exact) mass is 326 g/mol. The van der Waals surface area contributed by atoms with Gasteiger partial charge in [-0.2, -0.15) is 0 Å². The van der Waals surface area contributed by atoms with Gasteiger partial charge in [-0.15, -0.1) is 0 Å². The van der Waals surface area contributed by atoms with E-state index in [0.29, 0.717) is 12.3 Å². The minimum atomic E-state index is -0.310. The summed E-state index contributed by atoms with van der Waals surface area (Å²) in [6, 6.07) is 11.8. The zero-order chi connectivity index (χ0) is 17.1. The third-order valence-corrected chi connectivity index (χ3v) is 3.87. The summed E-state index contributed by atoms with van der Waals surface area (Å²) in [5.41, 5.74) is 3.22. The first kappa shape index (κ1) is 16.1. The number of rotatable bonds is 5. The first-order valence-corrected chi connectivity index (χ1v) is 7.86. The minimum absolute atomic E-state index is 0.146. The first-order chi connectivity index (χ1) is 11.6. The molecule has 24 heavy (non-hydrogen) atoms. The molecule has 1 aromatic heterocycles. The average Bonchev–Trinajstić information content (AvgIpc) is 2.85. The van der Waals surface area contributed by atoms with Crippen molar-refractivity contribution < 1.29 is 13.9 Å². The molecule has 0 radical (unpaired) electrons. The van der Waals surface area contributed by atoms with Gasteiger partial charge in [0, 0.05) is 22.3 Å². The van der Waals surface area contributed by atoms with Crippen LogP contribution in [-0.2, 0) is 11.2 Å². The van der Waals surface area contributed by atoms with E-state index in [9.17, 15) is 9.18 Å². The van der Waals surface area contributed by atoms with Crippen molar-refractivity contribution in [1.82, 2.24) is 4.98 Å². The van der Waals surface area contributed by atoms with E-state index in [-0.39, 0.29) is 18.1 Å². The summed E-state index contributed by atoms with van der Waals surface area (Å²) >= 11 is 0. The maximum atomic E-state index is 13.5. The lowest BCUT2D eigenvalue weighted by Gasteiger charge is -2.07. The molecule has 3 aromatic rings. The van der Waals surface area contributed by atoms with Gasteiger partial charge in [0.25, 0.3) is 0 Å². The van der Waals surface area contributed by atoms with E-state index in [2.05, 4.69) is 10.3 Å². The number of aromatic nitrogens is 1. The molecule has 2 N–H and O–H groups in total. The number of aryl methyl sites for hydroxylation is 1. The fourth-order valence-electron chi connectivity index (χ4n) is 2.75. The van der Waals surface area contributed by atoms with Gasteiger partial charge in [0.15, 0.2) is 0 Å². The van der Waals surface area contributed by atoms with E-state index in [1.807, 2.05) is 26.0 Å². The number of hydrogen-bond acceptors (Lipinski definition) is 2. The molecule has 3 rings (SSSR count). The normalized spacial score (nSPS) is 10.8. The maximum absolute atomic E-state index is 13.5. The van der Waals surface area contributed by atoms with Gasteiger partial charge in [-0.3, -0.25) is 4.79 Å². The van der Waals surface area contributed by atoms with Gasteiger partial charge in [-0.05, 0) is 61.9 Å². The van der Waals surface area contributed by atoms with Crippen LogP contribution in [0.25, 0.3) is 10.9 Å². The molecule has 0 spiro atoms. The van der Waals surface area contributed by atoms with Crippen LogP contribution in [0.1, 0.15) is 18.2 Å². The molecule has 0 atom stereocenters. The van der Waals surface area contributed by atoms with Gasteiger partial charge < -0.3 is 15.0 Å². The molecule has 0 aliphatic carbocycles. The Kier molecular flexibility index (Phi) is 4.51. The highest BCUT2D eigenvalue weighted by molar-refractivity contribution is 5.96. The number of fused-ring (bicyclic) bond motifs is 1. The highest BCUT2D eigenvalue weighted by Crippen LogP contribution is 2.24. The van der Waals surface area contributed by atoms with Crippen LogP contribution in [0.5, 0.6) is 5.75 Å². The minimum Gasteiger partial charge on any atom is -0.494 e. The molecule has 0 fully saturated rings. The van der Waals surface area contributed by atoms with Crippen LogP contribution in [0.4, 0.5) is 10.1 Å². The molecule has 0 aliphatic heterocycles. The Balaban J connectivity index is 1.75. The third kappa shape index (κ3) is 3.40. The summed E-state index contributed by atoms with van der Waals surface area (Å²) in [7, 11) is 0. The summed E-state index contributed by atoms with van der Waals surface area (Å²) in [5, 5.41) is 3.60. The predicted octanol–water partition coefficient (Wildman–Crippen LogP) is 4.20. The number of carbonyl (C=O) groups excluding carboxylic acids is 1. The van der Waals surface area contributed by atoms with E-state index in [0.717, 1.165) is 27.9 Å². The molecule has 0 bridgehead atoms. The van der Waals surface area contributed by atoms with Crippen molar-refractivity contribution in [1.29, 1.82) is 0 Å². The van der Waals surface area contributed by atoms with Crippen molar-refractivity contribution in [3.63, 3.8) is 0 Å². The number of H-pyrrole nitrogens is 1. The summed E-state index contributed by atoms with van der Waals surface area (Å²) in [4.78, 5) is 15.5. The standard InChI is InChI=1S/C19H19FN2O2/c1-3-24-15-7-5-14(6-8-15)22-19(23)11-16-12(2)21-18-9-4-13(20)10-17(16)18/h4-10,21H,3,11H2,1-2H3,(H,22,23). The Labute approximate surface area is 139 Å². The maximum Gasteiger partial charge on any atom is 0.228 e. The Morgan fingerprint density at radius 3 is 2.67 bits per heavy atom. The number of nitrogens with one attached hydrogen (secondary N) is 2. The molecule has 124 valence electrons. The molecular weight excluding hydrogens is 307 g/mol. The Bertz CT molecular complexity index is 869. The highest BCUT2D eigenvalue weighted by atomic mass is 19.1. The fraction of sp³-hybridized carbons (Fsp3) is 0.211. The van der Waals surface area contributed by atoms with Gasteiger partial charge in [0.2, 0.25) is 5.91 Å². The zero-order valence-electron chi connectivity index (χ0n) is 13.7. The lowest BCUT2D eigenvalue weighted by Crippen LogP contribution is -2.14. The number of carbonyl (C=O) groups is 1. The molecule has 4 nitrogen and oxygen atoms in total. The van der Waals surface area contributed by atoms with Crippen LogP contribution in [0.2, 0.25) is 0 Å². The topological polar surface area (TPSA) is 54.1 Å². The van der Waals surface area contributed by atoms with Gasteiger partial charge in [0.05, 0.1) is 13.0 Å². The SMILES string of the molecule is CCOc1ccc(NC(=O)Cc2c(C)[nH]c3ccc(F)cc23)cc1. The van der Waals surface area contributed by atoms with Gasteiger partial charge >= 0.3 is 0 Å². The number of hydrogen-bond donors (Lipinski definition) is 2. The van der Waals surface area contributed by atoms with Crippen molar-refractivity contribution in [3.05, 3.63) is 59.5 Å². The summed E-state index contributed by atoms with van der Waals surface area (Å²) in [5.74, 6) is 0.306. The lowest BCUT2D eigenvalue weighted by molar-refractivity contribution is -0.115. The average molecular weight is 326 g/mol. The van der Waals surface area contributed by atoms with E-state index in [1.54, 1.807) is 18.2 Å². The summed E-state index contributed by atoms with van der Waals surface area (Å²) < 4.78 is 18.9. The van der Waals surface area contributed by atoms with Crippen LogP contribution in [0, 0.1) is 12.7 Å². The van der Waals surface area contributed by atoms with Gasteiger partial charge in [-0.1, -0.05) is 0 Å². The molecule has 0 aliphatic rings. The molecule has 1 amide bonds. The second-order valence-electron chi connectivity index (χ2n) is 5.60. The van der Waals surface area contributed by atoms with Crippen LogP contribution >= 0.6 is 0 Å². The number of halogens is 1. The molecule has 1 heterocycles. The van der Waals surface area contributed by atoms with E-state index < -0.39 is 0 Å². The van der Waals surface area contributed by atoms with Crippen molar-refractivity contribution in [2.75, 3.05) is 11.9 Å². The first-order valence-electron chi connectivity index (χ1n) is 7.86. The van der Waals surface area contributed by atoms with Gasteiger partial charge in [0.1, 0.15) is 11.6 Å². The Morgan fingerprint density at radius 2 is 1.96 bits per heavy atom. The number of ether oxygens (including phenoxy) is 1.